The summed E-state index contributed by atoms with van der Waals surface area (Å²) in [5, 5.41) is 3.42. The molecule has 0 fully saturated rings. The van der Waals surface area contributed by atoms with E-state index in [2.05, 4.69) is 5.32 Å². The second-order valence-electron chi connectivity index (χ2n) is 4.35. The van der Waals surface area contributed by atoms with Crippen LogP contribution in [0.2, 0.25) is 5.02 Å². The summed E-state index contributed by atoms with van der Waals surface area (Å²) in [6.07, 6.45) is 2.13. The number of anilines is 1. The van der Waals surface area contributed by atoms with Gasteiger partial charge in [0.05, 0.1) is 10.7 Å². The van der Waals surface area contributed by atoms with Crippen molar-refractivity contribution in [3.8, 4) is 0 Å². The van der Waals surface area contributed by atoms with Gasteiger partial charge < -0.3 is 11.1 Å². The second kappa shape index (κ2) is 6.62. The van der Waals surface area contributed by atoms with Gasteiger partial charge in [0.2, 0.25) is 5.91 Å². The monoisotopic (exact) mass is 254 g/mol. The molecule has 0 bridgehead atoms. The molecule has 3 nitrogen and oxygen atoms in total. The number of benzene rings is 1. The minimum absolute atomic E-state index is 0.0122. The van der Waals surface area contributed by atoms with Crippen LogP contribution in [-0.4, -0.2) is 11.9 Å². The van der Waals surface area contributed by atoms with Gasteiger partial charge in [-0.2, -0.15) is 0 Å². The number of nitrogens with one attached hydrogen (secondary N) is 1. The van der Waals surface area contributed by atoms with Crippen LogP contribution in [0.4, 0.5) is 5.69 Å². The maximum Gasteiger partial charge on any atom is 0.224 e. The quantitative estimate of drug-likeness (QED) is 0.848. The maximum atomic E-state index is 11.7. The van der Waals surface area contributed by atoms with Crippen molar-refractivity contribution in [3.63, 3.8) is 0 Å². The van der Waals surface area contributed by atoms with Gasteiger partial charge in [0, 0.05) is 12.5 Å². The van der Waals surface area contributed by atoms with Crippen LogP contribution in [0.3, 0.4) is 0 Å². The van der Waals surface area contributed by atoms with Crippen molar-refractivity contribution in [2.45, 2.75) is 39.2 Å². The van der Waals surface area contributed by atoms with E-state index in [1.165, 1.54) is 0 Å². The number of aryl methyl sites for hydroxylation is 1. The van der Waals surface area contributed by atoms with Crippen molar-refractivity contribution in [1.29, 1.82) is 0 Å². The van der Waals surface area contributed by atoms with Gasteiger partial charge in [-0.25, -0.2) is 0 Å². The molecule has 1 atom stereocenters. The first-order valence-corrected chi connectivity index (χ1v) is 6.19. The summed E-state index contributed by atoms with van der Waals surface area (Å²) in [6.45, 7) is 3.86. The standard InChI is InChI=1S/C13H19ClN2O/c1-9-5-3-7-11(14)13(9)16-12(17)8-4-6-10(2)15/h3,5,7,10H,4,6,8,15H2,1-2H3,(H,16,17). The van der Waals surface area contributed by atoms with Crippen LogP contribution in [0.15, 0.2) is 18.2 Å². The molecule has 1 amide bonds. The summed E-state index contributed by atoms with van der Waals surface area (Å²) < 4.78 is 0. The van der Waals surface area contributed by atoms with E-state index in [4.69, 9.17) is 17.3 Å². The summed E-state index contributed by atoms with van der Waals surface area (Å²) >= 11 is 6.02. The minimum Gasteiger partial charge on any atom is -0.328 e. The first kappa shape index (κ1) is 14.0. The molecule has 1 aromatic carbocycles. The van der Waals surface area contributed by atoms with Crippen molar-refractivity contribution in [2.24, 2.45) is 5.73 Å². The molecule has 0 saturated carbocycles. The third kappa shape index (κ3) is 4.75. The molecule has 1 unspecified atom stereocenters. The SMILES string of the molecule is Cc1cccc(Cl)c1NC(=O)CCCC(C)N. The zero-order valence-electron chi connectivity index (χ0n) is 10.3. The lowest BCUT2D eigenvalue weighted by molar-refractivity contribution is -0.116. The number of carbonyl (C=O) groups is 1. The van der Waals surface area contributed by atoms with E-state index < -0.39 is 0 Å². The zero-order valence-corrected chi connectivity index (χ0v) is 11.1. The number of halogens is 1. The number of hydrogen-bond acceptors (Lipinski definition) is 2. The van der Waals surface area contributed by atoms with Gasteiger partial charge in [-0.3, -0.25) is 4.79 Å². The average molecular weight is 255 g/mol. The fourth-order valence-electron chi connectivity index (χ4n) is 1.58. The molecule has 1 rings (SSSR count). The summed E-state index contributed by atoms with van der Waals surface area (Å²) in [6, 6.07) is 5.70. The van der Waals surface area contributed by atoms with Gasteiger partial charge in [0.1, 0.15) is 0 Å². The Morgan fingerprint density at radius 3 is 2.82 bits per heavy atom. The highest BCUT2D eigenvalue weighted by molar-refractivity contribution is 6.33. The van der Waals surface area contributed by atoms with E-state index >= 15 is 0 Å². The highest BCUT2D eigenvalue weighted by Crippen LogP contribution is 2.25. The van der Waals surface area contributed by atoms with Crippen molar-refractivity contribution in [3.05, 3.63) is 28.8 Å². The van der Waals surface area contributed by atoms with Gasteiger partial charge in [0.25, 0.3) is 0 Å². The fourth-order valence-corrected chi connectivity index (χ4v) is 1.85. The molecule has 0 aliphatic carbocycles. The lowest BCUT2D eigenvalue weighted by Gasteiger charge is -2.10. The highest BCUT2D eigenvalue weighted by atomic mass is 35.5. The third-order valence-corrected chi connectivity index (χ3v) is 2.86. The lowest BCUT2D eigenvalue weighted by atomic mass is 10.1. The van der Waals surface area contributed by atoms with Crippen LogP contribution in [0.1, 0.15) is 31.7 Å². The van der Waals surface area contributed by atoms with Gasteiger partial charge >= 0.3 is 0 Å². The smallest absolute Gasteiger partial charge is 0.224 e. The number of hydrogen-bond donors (Lipinski definition) is 2. The normalized spacial score (nSPS) is 12.2. The van der Waals surface area contributed by atoms with E-state index in [9.17, 15) is 4.79 Å². The molecular formula is C13H19ClN2O. The van der Waals surface area contributed by atoms with Crippen molar-refractivity contribution < 1.29 is 4.79 Å². The number of carbonyl (C=O) groups excluding carboxylic acids is 1. The maximum absolute atomic E-state index is 11.7. The average Bonchev–Trinajstić information content (AvgIpc) is 2.23. The van der Waals surface area contributed by atoms with Gasteiger partial charge in [-0.05, 0) is 38.3 Å². The van der Waals surface area contributed by atoms with Crippen LogP contribution in [0.25, 0.3) is 0 Å². The van der Waals surface area contributed by atoms with Crippen molar-refractivity contribution >= 4 is 23.2 Å². The predicted molar refractivity (Wildman–Crippen MR) is 72.3 cm³/mol. The van der Waals surface area contributed by atoms with Gasteiger partial charge in [-0.15, -0.1) is 0 Å². The van der Waals surface area contributed by atoms with Gasteiger partial charge in [-0.1, -0.05) is 23.7 Å². The van der Waals surface area contributed by atoms with E-state index in [1.54, 1.807) is 6.07 Å². The Bertz CT molecular complexity index is 371. The molecule has 4 heteroatoms. The van der Waals surface area contributed by atoms with Crippen LogP contribution < -0.4 is 11.1 Å². The van der Waals surface area contributed by atoms with Crippen molar-refractivity contribution in [2.75, 3.05) is 5.32 Å². The molecule has 3 N–H and O–H groups in total. The first-order chi connectivity index (χ1) is 8.00. The van der Waals surface area contributed by atoms with E-state index in [0.29, 0.717) is 17.1 Å². The second-order valence-corrected chi connectivity index (χ2v) is 4.76. The van der Waals surface area contributed by atoms with Crippen LogP contribution >= 0.6 is 11.6 Å². The highest BCUT2D eigenvalue weighted by Gasteiger charge is 2.08. The molecule has 1 aromatic rings. The molecule has 0 radical (unpaired) electrons. The Labute approximate surface area is 107 Å². The Kier molecular flexibility index (Phi) is 5.45. The van der Waals surface area contributed by atoms with Crippen LogP contribution in [-0.2, 0) is 4.79 Å². The number of amides is 1. The molecular weight excluding hydrogens is 236 g/mol. The Balaban J connectivity index is 2.51. The molecule has 17 heavy (non-hydrogen) atoms. The Hall–Kier alpha value is -1.06. The Morgan fingerprint density at radius 1 is 1.53 bits per heavy atom. The summed E-state index contributed by atoms with van der Waals surface area (Å²) in [7, 11) is 0. The first-order valence-electron chi connectivity index (χ1n) is 5.81. The molecule has 0 spiro atoms. The van der Waals surface area contributed by atoms with Crippen LogP contribution in [0.5, 0.6) is 0 Å². The summed E-state index contributed by atoms with van der Waals surface area (Å²) in [4.78, 5) is 11.7. The largest absolute Gasteiger partial charge is 0.328 e. The summed E-state index contributed by atoms with van der Waals surface area (Å²) in [5.41, 5.74) is 7.31. The van der Waals surface area contributed by atoms with E-state index in [0.717, 1.165) is 18.4 Å². The van der Waals surface area contributed by atoms with Crippen molar-refractivity contribution in [1.82, 2.24) is 0 Å². The minimum atomic E-state index is -0.0122. The number of rotatable bonds is 5. The molecule has 0 saturated heterocycles. The number of nitrogens with two attached hydrogens (primary N) is 1. The predicted octanol–water partition coefficient (Wildman–Crippen LogP) is 3.10. The topological polar surface area (TPSA) is 55.1 Å². The van der Waals surface area contributed by atoms with E-state index in [-0.39, 0.29) is 11.9 Å². The summed E-state index contributed by atoms with van der Waals surface area (Å²) in [5.74, 6) is -0.0122. The molecule has 0 aromatic heterocycles. The third-order valence-electron chi connectivity index (χ3n) is 2.55. The Morgan fingerprint density at radius 2 is 2.24 bits per heavy atom. The molecule has 0 aliphatic heterocycles. The molecule has 0 heterocycles. The molecule has 94 valence electrons. The fraction of sp³-hybridized carbons (Fsp3) is 0.462. The molecule has 0 aliphatic rings. The zero-order chi connectivity index (χ0) is 12.8. The lowest BCUT2D eigenvalue weighted by Crippen LogP contribution is -2.17. The number of para-hydroxylation sites is 1. The van der Waals surface area contributed by atoms with Gasteiger partial charge in [0.15, 0.2) is 0 Å². The van der Waals surface area contributed by atoms with Crippen LogP contribution in [0, 0.1) is 6.92 Å². The van der Waals surface area contributed by atoms with E-state index in [1.807, 2.05) is 26.0 Å².